The first-order valence-electron chi connectivity index (χ1n) is 9.55. The van der Waals surface area contributed by atoms with Crippen LogP contribution < -0.4 is 0 Å². The number of esters is 1. The number of rotatable bonds is 16. The van der Waals surface area contributed by atoms with Gasteiger partial charge in [-0.2, -0.15) is 0 Å². The lowest BCUT2D eigenvalue weighted by molar-refractivity contribution is -0.143. The van der Waals surface area contributed by atoms with Gasteiger partial charge in [-0.25, -0.2) is 0 Å². The largest absolute Gasteiger partial charge is 0.466 e. The van der Waals surface area contributed by atoms with Crippen molar-refractivity contribution < 1.29 is 14.3 Å². The fourth-order valence-corrected chi connectivity index (χ4v) is 2.50. The van der Waals surface area contributed by atoms with E-state index in [0.717, 1.165) is 44.9 Å². The first kappa shape index (κ1) is 21.9. The molecule has 3 heteroatoms. The molecule has 0 aliphatic heterocycles. The Balaban J connectivity index is 3.32. The van der Waals surface area contributed by atoms with Crippen LogP contribution in [0, 0.1) is 0 Å². The SMILES string of the molecule is CCCCCC/C=C/C(=O)CCCCCCCCC(=O)OCC. The average Bonchev–Trinajstić information content (AvgIpc) is 2.53. The first-order chi connectivity index (χ1) is 11.2. The zero-order chi connectivity index (χ0) is 17.2. The fraction of sp³-hybridized carbons (Fsp3) is 0.800. The zero-order valence-corrected chi connectivity index (χ0v) is 15.3. The molecule has 0 N–H and O–H groups in total. The highest BCUT2D eigenvalue weighted by Crippen LogP contribution is 2.10. The lowest BCUT2D eigenvalue weighted by Gasteiger charge is -2.02. The molecule has 3 nitrogen and oxygen atoms in total. The van der Waals surface area contributed by atoms with E-state index in [4.69, 9.17) is 4.74 Å². The Morgan fingerprint density at radius 3 is 2.04 bits per heavy atom. The second-order valence-electron chi connectivity index (χ2n) is 6.14. The molecule has 23 heavy (non-hydrogen) atoms. The van der Waals surface area contributed by atoms with E-state index < -0.39 is 0 Å². The van der Waals surface area contributed by atoms with Crippen molar-refractivity contribution in [2.75, 3.05) is 6.61 Å². The second-order valence-corrected chi connectivity index (χ2v) is 6.14. The van der Waals surface area contributed by atoms with Gasteiger partial charge in [0, 0.05) is 12.8 Å². The number of allylic oxidation sites excluding steroid dienone is 2. The fourth-order valence-electron chi connectivity index (χ4n) is 2.50. The van der Waals surface area contributed by atoms with E-state index in [9.17, 15) is 9.59 Å². The minimum atomic E-state index is -0.0837. The van der Waals surface area contributed by atoms with Gasteiger partial charge in [0.25, 0.3) is 0 Å². The first-order valence-corrected chi connectivity index (χ1v) is 9.55. The Labute approximate surface area is 142 Å². The van der Waals surface area contributed by atoms with Crippen LogP contribution in [0.3, 0.4) is 0 Å². The van der Waals surface area contributed by atoms with E-state index in [1.165, 1.54) is 25.7 Å². The van der Waals surface area contributed by atoms with Crippen molar-refractivity contribution in [1.82, 2.24) is 0 Å². The molecule has 0 fully saturated rings. The number of hydrogen-bond acceptors (Lipinski definition) is 3. The summed E-state index contributed by atoms with van der Waals surface area (Å²) < 4.78 is 4.89. The quantitative estimate of drug-likeness (QED) is 0.206. The molecule has 0 rings (SSSR count). The number of carbonyl (C=O) groups excluding carboxylic acids is 2. The summed E-state index contributed by atoms with van der Waals surface area (Å²) in [5.74, 6) is 0.183. The van der Waals surface area contributed by atoms with Crippen molar-refractivity contribution in [3.8, 4) is 0 Å². The molecule has 0 bridgehead atoms. The summed E-state index contributed by atoms with van der Waals surface area (Å²) >= 11 is 0. The van der Waals surface area contributed by atoms with Gasteiger partial charge in [0.05, 0.1) is 6.61 Å². The third kappa shape index (κ3) is 17.1. The maximum Gasteiger partial charge on any atom is 0.305 e. The number of ketones is 1. The number of carbonyl (C=O) groups is 2. The minimum absolute atomic E-state index is 0.0837. The highest BCUT2D eigenvalue weighted by Gasteiger charge is 2.01. The molecular weight excluding hydrogens is 288 g/mol. The standard InChI is InChI=1S/C20H36O3/c1-3-5-6-7-10-13-16-19(21)17-14-11-8-9-12-15-18-20(22)23-4-2/h13,16H,3-12,14-15,17-18H2,1-2H3/b16-13+. The molecule has 0 saturated heterocycles. The number of ether oxygens (including phenoxy) is 1. The van der Waals surface area contributed by atoms with Gasteiger partial charge in [0.15, 0.2) is 5.78 Å². The predicted molar refractivity (Wildman–Crippen MR) is 96.5 cm³/mol. The molecule has 0 amide bonds. The molecule has 0 heterocycles. The van der Waals surface area contributed by atoms with Gasteiger partial charge in [-0.15, -0.1) is 0 Å². The lowest BCUT2D eigenvalue weighted by Crippen LogP contribution is -2.03. The summed E-state index contributed by atoms with van der Waals surface area (Å²) in [6, 6.07) is 0. The topological polar surface area (TPSA) is 43.4 Å². The van der Waals surface area contributed by atoms with Crippen LogP contribution in [0.4, 0.5) is 0 Å². The predicted octanol–water partition coefficient (Wildman–Crippen LogP) is 5.77. The maximum absolute atomic E-state index is 11.7. The van der Waals surface area contributed by atoms with Crippen LogP contribution >= 0.6 is 0 Å². The summed E-state index contributed by atoms with van der Waals surface area (Å²) in [5, 5.41) is 0. The van der Waals surface area contributed by atoms with E-state index in [1.54, 1.807) is 6.08 Å². The molecule has 134 valence electrons. The lowest BCUT2D eigenvalue weighted by atomic mass is 10.1. The Morgan fingerprint density at radius 1 is 0.783 bits per heavy atom. The Kier molecular flexibility index (Phi) is 16.4. The summed E-state index contributed by atoms with van der Waals surface area (Å²) in [4.78, 5) is 22.8. The van der Waals surface area contributed by atoms with Gasteiger partial charge < -0.3 is 4.74 Å². The van der Waals surface area contributed by atoms with Crippen molar-refractivity contribution >= 4 is 11.8 Å². The van der Waals surface area contributed by atoms with E-state index in [0.29, 0.717) is 19.4 Å². The van der Waals surface area contributed by atoms with E-state index >= 15 is 0 Å². The summed E-state index contributed by atoms with van der Waals surface area (Å²) in [7, 11) is 0. The summed E-state index contributed by atoms with van der Waals surface area (Å²) in [5.41, 5.74) is 0. The maximum atomic E-state index is 11.7. The third-order valence-corrected chi connectivity index (χ3v) is 3.89. The molecule has 0 aromatic heterocycles. The Hall–Kier alpha value is -1.12. The highest BCUT2D eigenvalue weighted by atomic mass is 16.5. The van der Waals surface area contributed by atoms with E-state index in [-0.39, 0.29) is 11.8 Å². The van der Waals surface area contributed by atoms with Gasteiger partial charge in [0.1, 0.15) is 0 Å². The zero-order valence-electron chi connectivity index (χ0n) is 15.3. The van der Waals surface area contributed by atoms with Crippen LogP contribution in [-0.4, -0.2) is 18.4 Å². The van der Waals surface area contributed by atoms with Gasteiger partial charge in [-0.1, -0.05) is 57.9 Å². The summed E-state index contributed by atoms with van der Waals surface area (Å²) in [6.07, 6.45) is 17.4. The van der Waals surface area contributed by atoms with E-state index in [2.05, 4.69) is 6.92 Å². The van der Waals surface area contributed by atoms with Gasteiger partial charge in [0.2, 0.25) is 0 Å². The third-order valence-electron chi connectivity index (χ3n) is 3.89. The van der Waals surface area contributed by atoms with Crippen LogP contribution in [0.2, 0.25) is 0 Å². The Morgan fingerprint density at radius 2 is 1.39 bits per heavy atom. The van der Waals surface area contributed by atoms with Gasteiger partial charge >= 0.3 is 5.97 Å². The van der Waals surface area contributed by atoms with Crippen LogP contribution in [0.25, 0.3) is 0 Å². The molecular formula is C20H36O3. The van der Waals surface area contributed by atoms with Crippen molar-refractivity contribution in [2.45, 2.75) is 97.3 Å². The summed E-state index contributed by atoms with van der Waals surface area (Å²) in [6.45, 7) is 4.51. The highest BCUT2D eigenvalue weighted by molar-refractivity contribution is 5.89. The molecule has 0 aliphatic carbocycles. The average molecular weight is 325 g/mol. The monoisotopic (exact) mass is 324 g/mol. The van der Waals surface area contributed by atoms with Crippen molar-refractivity contribution in [1.29, 1.82) is 0 Å². The molecule has 0 radical (unpaired) electrons. The number of hydrogen-bond donors (Lipinski definition) is 0. The normalized spacial score (nSPS) is 11.0. The molecule has 0 atom stereocenters. The smallest absolute Gasteiger partial charge is 0.305 e. The van der Waals surface area contributed by atoms with Crippen molar-refractivity contribution in [3.05, 3.63) is 12.2 Å². The van der Waals surface area contributed by atoms with Crippen LogP contribution in [0.5, 0.6) is 0 Å². The van der Waals surface area contributed by atoms with Crippen LogP contribution in [0.1, 0.15) is 97.3 Å². The molecule has 0 aliphatic rings. The van der Waals surface area contributed by atoms with Gasteiger partial charge in [-0.3, -0.25) is 9.59 Å². The minimum Gasteiger partial charge on any atom is -0.466 e. The molecule has 0 unspecified atom stereocenters. The molecule has 0 spiro atoms. The van der Waals surface area contributed by atoms with Crippen molar-refractivity contribution in [3.63, 3.8) is 0 Å². The second kappa shape index (κ2) is 17.2. The molecule has 0 aromatic carbocycles. The molecule has 0 saturated carbocycles. The Bertz CT molecular complexity index is 321. The number of unbranched alkanes of at least 4 members (excludes halogenated alkanes) is 9. The van der Waals surface area contributed by atoms with Gasteiger partial charge in [-0.05, 0) is 38.7 Å². The molecule has 0 aromatic rings. The van der Waals surface area contributed by atoms with Crippen molar-refractivity contribution in [2.24, 2.45) is 0 Å². The van der Waals surface area contributed by atoms with E-state index in [1.807, 2.05) is 13.0 Å². The van der Waals surface area contributed by atoms with Crippen LogP contribution in [-0.2, 0) is 14.3 Å². The van der Waals surface area contributed by atoms with Crippen LogP contribution in [0.15, 0.2) is 12.2 Å².